The minimum atomic E-state index is 0.170. The summed E-state index contributed by atoms with van der Waals surface area (Å²) < 4.78 is 0. The molecule has 0 amide bonds. The van der Waals surface area contributed by atoms with E-state index in [1.54, 1.807) is 6.07 Å². The first kappa shape index (κ1) is 24.7. The number of hydrogen-bond acceptors (Lipinski definition) is 2. The molecule has 0 aliphatic rings. The van der Waals surface area contributed by atoms with Crippen molar-refractivity contribution in [2.24, 2.45) is 0 Å². The third kappa shape index (κ3) is 14.3. The van der Waals surface area contributed by atoms with Crippen molar-refractivity contribution in [3.63, 3.8) is 0 Å². The van der Waals surface area contributed by atoms with Gasteiger partial charge in [0.2, 0.25) is 0 Å². The van der Waals surface area contributed by atoms with Crippen LogP contribution in [0.3, 0.4) is 0 Å². The van der Waals surface area contributed by atoms with Crippen LogP contribution in [-0.4, -0.2) is 10.9 Å². The van der Waals surface area contributed by atoms with Crippen LogP contribution in [0.4, 0.5) is 0 Å². The van der Waals surface area contributed by atoms with Gasteiger partial charge in [-0.2, -0.15) is 0 Å². The molecule has 27 heavy (non-hydrogen) atoms. The average molecular weight is 413 g/mol. The second-order valence-electron chi connectivity index (χ2n) is 7.76. The van der Waals surface area contributed by atoms with Gasteiger partial charge in [0.05, 0.1) is 5.02 Å². The van der Waals surface area contributed by atoms with Crippen molar-refractivity contribution in [2.45, 2.75) is 115 Å². The van der Waals surface area contributed by atoms with E-state index in [0.29, 0.717) is 5.02 Å². The van der Waals surface area contributed by atoms with Crippen LogP contribution in [0.2, 0.25) is 5.02 Å². The molecule has 1 nitrogen and oxygen atoms in total. The Bertz CT molecular complexity index is 464. The van der Waals surface area contributed by atoms with Crippen molar-refractivity contribution in [1.29, 1.82) is 0 Å². The van der Waals surface area contributed by atoms with Crippen molar-refractivity contribution >= 4 is 23.4 Å². The lowest BCUT2D eigenvalue weighted by Gasteiger charge is -2.05. The van der Waals surface area contributed by atoms with Gasteiger partial charge in [0.1, 0.15) is 5.75 Å². The van der Waals surface area contributed by atoms with E-state index < -0.39 is 0 Å². The summed E-state index contributed by atoms with van der Waals surface area (Å²) in [6.45, 7) is 2.29. The molecule has 0 aromatic heterocycles. The Morgan fingerprint density at radius 3 is 1.59 bits per heavy atom. The van der Waals surface area contributed by atoms with Gasteiger partial charge in [-0.1, -0.05) is 115 Å². The molecule has 1 aromatic carbocycles. The first-order chi connectivity index (χ1) is 13.2. The maximum absolute atomic E-state index is 9.42. The van der Waals surface area contributed by atoms with Crippen LogP contribution in [0.1, 0.15) is 110 Å². The number of aromatic hydroxyl groups is 1. The van der Waals surface area contributed by atoms with Crippen LogP contribution >= 0.6 is 23.4 Å². The zero-order chi connectivity index (χ0) is 19.6. The summed E-state index contributed by atoms with van der Waals surface area (Å²) >= 11 is 7.77. The standard InChI is InChI=1S/C24H41ClOS/c1-2-3-4-5-6-7-8-9-10-11-12-13-14-15-16-17-20-27-22-18-19-24(26)23(25)21-22/h18-19,21,26H,2-17,20H2,1H3. The number of rotatable bonds is 18. The molecule has 3 heteroatoms. The normalized spacial score (nSPS) is 11.2. The van der Waals surface area contributed by atoms with E-state index in [1.807, 2.05) is 23.9 Å². The lowest BCUT2D eigenvalue weighted by atomic mass is 10.0. The smallest absolute Gasteiger partial charge is 0.134 e. The molecule has 156 valence electrons. The van der Waals surface area contributed by atoms with Gasteiger partial charge in [-0.25, -0.2) is 0 Å². The molecule has 0 bridgehead atoms. The van der Waals surface area contributed by atoms with Crippen molar-refractivity contribution in [3.8, 4) is 5.75 Å². The van der Waals surface area contributed by atoms with Crippen molar-refractivity contribution in [3.05, 3.63) is 23.2 Å². The number of benzene rings is 1. The zero-order valence-corrected chi connectivity index (χ0v) is 19.1. The number of hydrogen-bond donors (Lipinski definition) is 1. The molecule has 0 spiro atoms. The molecular weight excluding hydrogens is 372 g/mol. The Morgan fingerprint density at radius 1 is 0.704 bits per heavy atom. The summed E-state index contributed by atoms with van der Waals surface area (Å²) in [5.41, 5.74) is 0. The predicted octanol–water partition coefficient (Wildman–Crippen LogP) is 9.40. The number of thioether (sulfide) groups is 1. The molecule has 0 heterocycles. The topological polar surface area (TPSA) is 20.2 Å². The first-order valence-electron chi connectivity index (χ1n) is 11.4. The van der Waals surface area contributed by atoms with Gasteiger partial charge in [0, 0.05) is 4.90 Å². The van der Waals surface area contributed by atoms with Crippen LogP contribution < -0.4 is 0 Å². The fourth-order valence-electron chi connectivity index (χ4n) is 3.42. The zero-order valence-electron chi connectivity index (χ0n) is 17.5. The number of phenols is 1. The lowest BCUT2D eigenvalue weighted by molar-refractivity contribution is 0.475. The Hall–Kier alpha value is -0.340. The molecule has 0 aliphatic carbocycles. The highest BCUT2D eigenvalue weighted by Gasteiger charge is 2.00. The quantitative estimate of drug-likeness (QED) is 0.191. The van der Waals surface area contributed by atoms with Gasteiger partial charge in [0.15, 0.2) is 0 Å². The minimum absolute atomic E-state index is 0.170. The molecule has 1 aromatic rings. The van der Waals surface area contributed by atoms with Crippen LogP contribution in [0.15, 0.2) is 23.1 Å². The van der Waals surface area contributed by atoms with Gasteiger partial charge in [-0.15, -0.1) is 11.8 Å². The first-order valence-corrected chi connectivity index (χ1v) is 12.7. The summed E-state index contributed by atoms with van der Waals surface area (Å²) in [6, 6.07) is 5.48. The second-order valence-corrected chi connectivity index (χ2v) is 9.34. The summed E-state index contributed by atoms with van der Waals surface area (Å²) in [7, 11) is 0. The van der Waals surface area contributed by atoms with Crippen molar-refractivity contribution in [1.82, 2.24) is 0 Å². The third-order valence-electron chi connectivity index (χ3n) is 5.19. The SMILES string of the molecule is CCCCCCCCCCCCCCCCCCSc1ccc(O)c(Cl)c1. The largest absolute Gasteiger partial charge is 0.506 e. The van der Waals surface area contributed by atoms with Gasteiger partial charge >= 0.3 is 0 Å². The van der Waals surface area contributed by atoms with Crippen LogP contribution in [0, 0.1) is 0 Å². The summed E-state index contributed by atoms with van der Waals surface area (Å²) in [5, 5.41) is 9.87. The van der Waals surface area contributed by atoms with Crippen molar-refractivity contribution in [2.75, 3.05) is 5.75 Å². The fraction of sp³-hybridized carbons (Fsp3) is 0.750. The summed E-state index contributed by atoms with van der Waals surface area (Å²) in [4.78, 5) is 1.15. The monoisotopic (exact) mass is 412 g/mol. The van der Waals surface area contributed by atoms with Crippen LogP contribution in [0.25, 0.3) is 0 Å². The highest BCUT2D eigenvalue weighted by molar-refractivity contribution is 7.99. The molecule has 0 fully saturated rings. The van der Waals surface area contributed by atoms with Crippen LogP contribution in [0.5, 0.6) is 5.75 Å². The number of halogens is 1. The molecule has 0 unspecified atom stereocenters. The molecule has 0 aliphatic heterocycles. The van der Waals surface area contributed by atoms with Crippen molar-refractivity contribution < 1.29 is 5.11 Å². The molecule has 1 rings (SSSR count). The number of unbranched alkanes of at least 4 members (excludes halogenated alkanes) is 15. The lowest BCUT2D eigenvalue weighted by Crippen LogP contribution is -1.85. The molecule has 0 atom stereocenters. The molecule has 0 saturated heterocycles. The summed E-state index contributed by atoms with van der Waals surface area (Å²) in [5.74, 6) is 1.31. The molecular formula is C24H41ClOS. The predicted molar refractivity (Wildman–Crippen MR) is 123 cm³/mol. The summed E-state index contributed by atoms with van der Waals surface area (Å²) in [6.07, 6.45) is 22.6. The van der Waals surface area contributed by atoms with Gasteiger partial charge in [-0.05, 0) is 30.4 Å². The molecule has 0 saturated carbocycles. The highest BCUT2D eigenvalue weighted by Crippen LogP contribution is 2.29. The van der Waals surface area contributed by atoms with E-state index in [-0.39, 0.29) is 5.75 Å². The maximum Gasteiger partial charge on any atom is 0.134 e. The maximum atomic E-state index is 9.42. The third-order valence-corrected chi connectivity index (χ3v) is 6.57. The fourth-order valence-corrected chi connectivity index (χ4v) is 4.61. The van der Waals surface area contributed by atoms with Gasteiger partial charge in [-0.3, -0.25) is 0 Å². The van der Waals surface area contributed by atoms with E-state index in [1.165, 1.54) is 103 Å². The highest BCUT2D eigenvalue weighted by atomic mass is 35.5. The Labute approximate surface area is 177 Å². The van der Waals surface area contributed by atoms with Gasteiger partial charge in [0.25, 0.3) is 0 Å². The Kier molecular flexibility index (Phi) is 16.2. The molecule has 1 N–H and O–H groups in total. The van der Waals surface area contributed by atoms with E-state index in [9.17, 15) is 5.11 Å². The second kappa shape index (κ2) is 17.7. The van der Waals surface area contributed by atoms with E-state index in [4.69, 9.17) is 11.6 Å². The van der Waals surface area contributed by atoms with E-state index in [0.717, 1.165) is 10.6 Å². The van der Waals surface area contributed by atoms with E-state index in [2.05, 4.69) is 6.92 Å². The Balaban J connectivity index is 1.77. The van der Waals surface area contributed by atoms with Crippen LogP contribution in [-0.2, 0) is 0 Å². The molecule has 0 radical (unpaired) electrons. The Morgan fingerprint density at radius 2 is 1.15 bits per heavy atom. The minimum Gasteiger partial charge on any atom is -0.506 e. The average Bonchev–Trinajstić information content (AvgIpc) is 2.67. The number of phenolic OH excluding ortho intramolecular Hbond substituents is 1. The van der Waals surface area contributed by atoms with Gasteiger partial charge < -0.3 is 5.11 Å². The van der Waals surface area contributed by atoms with E-state index >= 15 is 0 Å².